The molecule has 0 saturated heterocycles. The average Bonchev–Trinajstić information content (AvgIpc) is 3.41. The van der Waals surface area contributed by atoms with E-state index in [4.69, 9.17) is 15.0 Å². The number of aryl methyl sites for hydroxylation is 1. The average molecular weight is 453 g/mol. The number of para-hydroxylation sites is 2. The highest BCUT2D eigenvalue weighted by molar-refractivity contribution is 6.08. The minimum absolute atomic E-state index is 0.611. The summed E-state index contributed by atoms with van der Waals surface area (Å²) < 4.78 is 2.32. The third-order valence-electron chi connectivity index (χ3n) is 7.07. The Morgan fingerprint density at radius 2 is 1.31 bits per heavy atom. The lowest BCUT2D eigenvalue weighted by atomic mass is 9.97. The number of aromatic nitrogens is 4. The third-order valence-corrected chi connectivity index (χ3v) is 7.07. The standard InChI is InChI=1S/C31H24N4/c1-20-32-29(18-23-11-8-10-22-17-21-9-2-3-12-24(21)31(22)23)34-30(33-20)19-35-27-15-6-4-13-25(27)26-14-5-7-16-28(26)35/h2-16H,17-19H2,1H3. The quantitative estimate of drug-likeness (QED) is 0.306. The predicted octanol–water partition coefficient (Wildman–Crippen LogP) is 6.50. The highest BCUT2D eigenvalue weighted by atomic mass is 15.1. The van der Waals surface area contributed by atoms with Crippen LogP contribution in [0.2, 0.25) is 0 Å². The molecule has 35 heavy (non-hydrogen) atoms. The van der Waals surface area contributed by atoms with Crippen molar-refractivity contribution in [1.82, 2.24) is 19.5 Å². The van der Waals surface area contributed by atoms with Gasteiger partial charge in [0.25, 0.3) is 0 Å². The summed E-state index contributed by atoms with van der Waals surface area (Å²) >= 11 is 0. The summed E-state index contributed by atoms with van der Waals surface area (Å²) in [5.74, 6) is 2.39. The Morgan fingerprint density at radius 1 is 0.657 bits per heavy atom. The van der Waals surface area contributed by atoms with Gasteiger partial charge in [-0.25, -0.2) is 15.0 Å². The molecule has 0 fully saturated rings. The number of nitrogens with zero attached hydrogens (tertiary/aromatic N) is 4. The Bertz CT molecular complexity index is 1690. The van der Waals surface area contributed by atoms with E-state index in [1.54, 1.807) is 0 Å². The molecule has 2 aromatic heterocycles. The van der Waals surface area contributed by atoms with E-state index < -0.39 is 0 Å². The van der Waals surface area contributed by atoms with Gasteiger partial charge in [0.1, 0.15) is 11.6 Å². The zero-order valence-electron chi connectivity index (χ0n) is 19.6. The number of hydrogen-bond donors (Lipinski definition) is 0. The summed E-state index contributed by atoms with van der Waals surface area (Å²) in [6.07, 6.45) is 1.69. The van der Waals surface area contributed by atoms with Crippen molar-refractivity contribution in [3.8, 4) is 11.1 Å². The van der Waals surface area contributed by atoms with Crippen LogP contribution in [0.15, 0.2) is 91.0 Å². The first-order chi connectivity index (χ1) is 17.2. The van der Waals surface area contributed by atoms with Crippen molar-refractivity contribution in [3.05, 3.63) is 125 Å². The largest absolute Gasteiger partial charge is 0.333 e. The maximum absolute atomic E-state index is 4.96. The van der Waals surface area contributed by atoms with Crippen LogP contribution in [0.3, 0.4) is 0 Å². The third kappa shape index (κ3) is 3.33. The minimum atomic E-state index is 0.611. The first kappa shape index (κ1) is 20.1. The van der Waals surface area contributed by atoms with Crippen molar-refractivity contribution < 1.29 is 0 Å². The molecule has 1 aliphatic rings. The number of hydrogen-bond acceptors (Lipinski definition) is 3. The Morgan fingerprint density at radius 3 is 2.11 bits per heavy atom. The van der Waals surface area contributed by atoms with E-state index in [2.05, 4.69) is 95.6 Å². The molecule has 0 atom stereocenters. The SMILES string of the molecule is Cc1nc(Cc2cccc3c2-c2ccccc2C3)nc(Cn2c3ccccc3c3ccccc32)n1. The molecule has 168 valence electrons. The molecule has 0 spiro atoms. The van der Waals surface area contributed by atoms with E-state index >= 15 is 0 Å². The first-order valence-corrected chi connectivity index (χ1v) is 12.1. The second-order valence-electron chi connectivity index (χ2n) is 9.30. The van der Waals surface area contributed by atoms with Gasteiger partial charge in [0, 0.05) is 28.2 Å². The fourth-order valence-corrected chi connectivity index (χ4v) is 5.65. The topological polar surface area (TPSA) is 43.6 Å². The van der Waals surface area contributed by atoms with Crippen LogP contribution in [0, 0.1) is 6.92 Å². The van der Waals surface area contributed by atoms with Crippen molar-refractivity contribution in [2.45, 2.75) is 26.3 Å². The Kier molecular flexibility index (Phi) is 4.52. The Balaban J connectivity index is 1.29. The molecular formula is C31H24N4. The van der Waals surface area contributed by atoms with Crippen LogP contribution in [-0.2, 0) is 19.4 Å². The zero-order valence-corrected chi connectivity index (χ0v) is 19.6. The summed E-state index contributed by atoms with van der Waals surface area (Å²) in [6.45, 7) is 2.57. The molecule has 0 aliphatic heterocycles. The second kappa shape index (κ2) is 7.88. The van der Waals surface area contributed by atoms with Gasteiger partial charge in [0.05, 0.1) is 6.54 Å². The van der Waals surface area contributed by atoms with Gasteiger partial charge in [-0.05, 0) is 53.3 Å². The predicted molar refractivity (Wildman–Crippen MR) is 141 cm³/mol. The van der Waals surface area contributed by atoms with Crippen LogP contribution >= 0.6 is 0 Å². The lowest BCUT2D eigenvalue weighted by molar-refractivity contribution is 0.742. The minimum Gasteiger partial charge on any atom is -0.333 e. The van der Waals surface area contributed by atoms with E-state index in [9.17, 15) is 0 Å². The van der Waals surface area contributed by atoms with Crippen molar-refractivity contribution in [2.24, 2.45) is 0 Å². The molecule has 4 aromatic carbocycles. The van der Waals surface area contributed by atoms with Crippen LogP contribution in [-0.4, -0.2) is 19.5 Å². The van der Waals surface area contributed by atoms with Gasteiger partial charge in [-0.3, -0.25) is 0 Å². The molecule has 7 rings (SSSR count). The molecule has 0 radical (unpaired) electrons. The van der Waals surface area contributed by atoms with E-state index in [1.807, 2.05) is 6.92 Å². The van der Waals surface area contributed by atoms with Gasteiger partial charge in [-0.15, -0.1) is 0 Å². The van der Waals surface area contributed by atoms with Crippen LogP contribution < -0.4 is 0 Å². The Labute approximate surface area is 203 Å². The molecule has 4 heteroatoms. The fourth-order valence-electron chi connectivity index (χ4n) is 5.65. The molecule has 0 saturated carbocycles. The van der Waals surface area contributed by atoms with E-state index in [1.165, 1.54) is 49.6 Å². The van der Waals surface area contributed by atoms with Crippen molar-refractivity contribution in [1.29, 1.82) is 0 Å². The van der Waals surface area contributed by atoms with Gasteiger partial charge < -0.3 is 4.57 Å². The molecule has 2 heterocycles. The van der Waals surface area contributed by atoms with Gasteiger partial charge in [-0.2, -0.15) is 0 Å². The summed E-state index contributed by atoms with van der Waals surface area (Å²) in [4.78, 5) is 14.4. The molecular weight excluding hydrogens is 428 g/mol. The normalized spacial score (nSPS) is 12.3. The molecule has 4 nitrogen and oxygen atoms in total. The maximum atomic E-state index is 4.96. The van der Waals surface area contributed by atoms with Gasteiger partial charge >= 0.3 is 0 Å². The van der Waals surface area contributed by atoms with Crippen LogP contribution in [0.1, 0.15) is 34.2 Å². The summed E-state index contributed by atoms with van der Waals surface area (Å²) in [5.41, 5.74) is 9.16. The number of fused-ring (bicyclic) bond motifs is 6. The van der Waals surface area contributed by atoms with Crippen LogP contribution in [0.4, 0.5) is 0 Å². The molecule has 6 aromatic rings. The zero-order chi connectivity index (χ0) is 23.4. The van der Waals surface area contributed by atoms with Gasteiger partial charge in [-0.1, -0.05) is 78.9 Å². The highest BCUT2D eigenvalue weighted by Crippen LogP contribution is 2.39. The number of rotatable bonds is 4. The maximum Gasteiger partial charge on any atom is 0.152 e. The molecule has 0 bridgehead atoms. The molecule has 0 amide bonds. The van der Waals surface area contributed by atoms with Crippen LogP contribution in [0.25, 0.3) is 32.9 Å². The van der Waals surface area contributed by atoms with Gasteiger partial charge in [0.15, 0.2) is 5.82 Å². The first-order valence-electron chi connectivity index (χ1n) is 12.1. The monoisotopic (exact) mass is 452 g/mol. The van der Waals surface area contributed by atoms with E-state index in [0.717, 1.165) is 23.9 Å². The lowest BCUT2D eigenvalue weighted by Gasteiger charge is -2.11. The second-order valence-corrected chi connectivity index (χ2v) is 9.30. The summed E-state index contributed by atoms with van der Waals surface area (Å²) in [6, 6.07) is 32.4. The summed E-state index contributed by atoms with van der Waals surface area (Å²) in [7, 11) is 0. The molecule has 0 unspecified atom stereocenters. The fraction of sp³-hybridized carbons (Fsp3) is 0.129. The smallest absolute Gasteiger partial charge is 0.152 e. The van der Waals surface area contributed by atoms with E-state index in [0.29, 0.717) is 13.0 Å². The molecule has 0 N–H and O–H groups in total. The highest BCUT2D eigenvalue weighted by Gasteiger charge is 2.21. The lowest BCUT2D eigenvalue weighted by Crippen LogP contribution is -2.10. The van der Waals surface area contributed by atoms with E-state index in [-0.39, 0.29) is 0 Å². The Hall–Kier alpha value is -4.31. The van der Waals surface area contributed by atoms with Gasteiger partial charge in [0.2, 0.25) is 0 Å². The van der Waals surface area contributed by atoms with Crippen molar-refractivity contribution in [2.75, 3.05) is 0 Å². The summed E-state index contributed by atoms with van der Waals surface area (Å²) in [5, 5.41) is 2.51. The molecule has 1 aliphatic carbocycles. The number of benzene rings is 4. The van der Waals surface area contributed by atoms with Crippen molar-refractivity contribution in [3.63, 3.8) is 0 Å². The van der Waals surface area contributed by atoms with Crippen molar-refractivity contribution >= 4 is 21.8 Å². The van der Waals surface area contributed by atoms with Crippen LogP contribution in [0.5, 0.6) is 0 Å².